The molecule has 1 fully saturated rings. The predicted molar refractivity (Wildman–Crippen MR) is 77.1 cm³/mol. The van der Waals surface area contributed by atoms with Crippen LogP contribution in [0.2, 0.25) is 0 Å². The number of alkyl halides is 3. The molecular weight excluding hydrogens is 335 g/mol. The Morgan fingerprint density at radius 1 is 1.22 bits per heavy atom. The summed E-state index contributed by atoms with van der Waals surface area (Å²) in [6.07, 6.45) is -4.39. The summed E-state index contributed by atoms with van der Waals surface area (Å²) < 4.78 is 44.1. The lowest BCUT2D eigenvalue weighted by Crippen LogP contribution is -2.40. The number of aromatic amines is 1. The molecule has 1 aliphatic rings. The van der Waals surface area contributed by atoms with E-state index in [2.05, 4.69) is 20.6 Å². The van der Waals surface area contributed by atoms with Gasteiger partial charge in [-0.3, -0.25) is 4.90 Å². The number of nitrogens with zero attached hydrogens (tertiary/aromatic N) is 4. The van der Waals surface area contributed by atoms with Crippen molar-refractivity contribution >= 4 is 12.4 Å². The largest absolute Gasteiger partial charge is 0.416 e. The standard InChI is InChI=1S/C13H14F3N5O.ClH/c14-13(15,16)10-3-1-2-9(8-10)11(12-17-19-20-18-12)21-4-6-22-7-5-21;/h1-3,8,11H,4-7H2,(H,17,18,19,20);1H. The van der Waals surface area contributed by atoms with Crippen LogP contribution in [0.5, 0.6) is 0 Å². The quantitative estimate of drug-likeness (QED) is 0.918. The first-order valence-electron chi connectivity index (χ1n) is 6.78. The van der Waals surface area contributed by atoms with Crippen LogP contribution in [0.3, 0.4) is 0 Å². The molecule has 1 aromatic carbocycles. The summed E-state index contributed by atoms with van der Waals surface area (Å²) in [6, 6.07) is 4.74. The van der Waals surface area contributed by atoms with Crippen molar-refractivity contribution in [3.8, 4) is 0 Å². The van der Waals surface area contributed by atoms with Crippen molar-refractivity contribution in [2.75, 3.05) is 26.3 Å². The summed E-state index contributed by atoms with van der Waals surface area (Å²) in [5.41, 5.74) is -0.204. The first-order chi connectivity index (χ1) is 10.6. The van der Waals surface area contributed by atoms with Crippen molar-refractivity contribution in [3.63, 3.8) is 0 Å². The van der Waals surface area contributed by atoms with Crippen LogP contribution in [0.1, 0.15) is 23.0 Å². The Balaban J connectivity index is 0.00000192. The molecule has 126 valence electrons. The minimum absolute atomic E-state index is 0. The highest BCUT2D eigenvalue weighted by Crippen LogP contribution is 2.33. The Hall–Kier alpha value is -1.71. The Bertz CT molecular complexity index is 616. The minimum atomic E-state index is -4.39. The van der Waals surface area contributed by atoms with Gasteiger partial charge in [0.15, 0.2) is 5.82 Å². The van der Waals surface area contributed by atoms with Gasteiger partial charge in [0, 0.05) is 13.1 Å². The van der Waals surface area contributed by atoms with Crippen LogP contribution in [0.25, 0.3) is 0 Å². The van der Waals surface area contributed by atoms with Crippen molar-refractivity contribution in [3.05, 3.63) is 41.2 Å². The molecule has 0 saturated carbocycles. The fourth-order valence-electron chi connectivity index (χ4n) is 2.53. The third-order valence-corrected chi connectivity index (χ3v) is 3.55. The SMILES string of the molecule is Cl.FC(F)(F)c1cccc(C(c2nn[nH]n2)N2CCOCC2)c1. The number of H-pyrrole nitrogens is 1. The van der Waals surface area contributed by atoms with Crippen molar-refractivity contribution in [2.45, 2.75) is 12.2 Å². The lowest BCUT2D eigenvalue weighted by molar-refractivity contribution is -0.137. The van der Waals surface area contributed by atoms with Crippen LogP contribution in [0, 0.1) is 0 Å². The molecule has 0 amide bonds. The highest BCUT2D eigenvalue weighted by atomic mass is 35.5. The van der Waals surface area contributed by atoms with Crippen LogP contribution in [-0.2, 0) is 10.9 Å². The minimum Gasteiger partial charge on any atom is -0.379 e. The second-order valence-corrected chi connectivity index (χ2v) is 4.94. The van der Waals surface area contributed by atoms with Gasteiger partial charge in [0.05, 0.1) is 24.8 Å². The molecule has 0 aliphatic carbocycles. The van der Waals surface area contributed by atoms with Gasteiger partial charge in [-0.25, -0.2) is 0 Å². The van der Waals surface area contributed by atoms with Gasteiger partial charge in [-0.1, -0.05) is 17.3 Å². The maximum atomic E-state index is 12.9. The Kier molecular flexibility index (Phi) is 5.55. The van der Waals surface area contributed by atoms with E-state index >= 15 is 0 Å². The van der Waals surface area contributed by atoms with Crippen molar-refractivity contribution < 1.29 is 17.9 Å². The van der Waals surface area contributed by atoms with Gasteiger partial charge in [0.2, 0.25) is 0 Å². The number of tetrazole rings is 1. The summed E-state index contributed by atoms with van der Waals surface area (Å²) in [5.74, 6) is 0.348. The lowest BCUT2D eigenvalue weighted by atomic mass is 10.0. The molecule has 6 nitrogen and oxygen atoms in total. The average molecular weight is 350 g/mol. The molecule has 1 aromatic heterocycles. The molecule has 0 spiro atoms. The predicted octanol–water partition coefficient (Wildman–Crippen LogP) is 2.06. The zero-order valence-corrected chi connectivity index (χ0v) is 12.8. The topological polar surface area (TPSA) is 66.9 Å². The molecule has 1 aliphatic heterocycles. The van der Waals surface area contributed by atoms with Crippen LogP contribution in [0.15, 0.2) is 24.3 Å². The third-order valence-electron chi connectivity index (χ3n) is 3.55. The second kappa shape index (κ2) is 7.24. The third kappa shape index (κ3) is 3.98. The maximum absolute atomic E-state index is 12.9. The van der Waals surface area contributed by atoms with Gasteiger partial charge in [0.1, 0.15) is 0 Å². The highest BCUT2D eigenvalue weighted by molar-refractivity contribution is 5.85. The van der Waals surface area contributed by atoms with E-state index in [0.29, 0.717) is 37.7 Å². The Morgan fingerprint density at radius 2 is 1.96 bits per heavy atom. The molecule has 1 N–H and O–H groups in total. The molecule has 2 aromatic rings. The van der Waals surface area contributed by atoms with Crippen molar-refractivity contribution in [1.82, 2.24) is 25.5 Å². The fourth-order valence-corrected chi connectivity index (χ4v) is 2.53. The Morgan fingerprint density at radius 3 is 2.57 bits per heavy atom. The molecular formula is C13H15ClF3N5O. The fraction of sp³-hybridized carbons (Fsp3) is 0.462. The number of morpholine rings is 1. The molecule has 1 atom stereocenters. The molecule has 1 unspecified atom stereocenters. The second-order valence-electron chi connectivity index (χ2n) is 4.94. The lowest BCUT2D eigenvalue weighted by Gasteiger charge is -2.33. The molecule has 0 bridgehead atoms. The number of rotatable bonds is 3. The van der Waals surface area contributed by atoms with Crippen molar-refractivity contribution in [2.24, 2.45) is 0 Å². The summed E-state index contributed by atoms with van der Waals surface area (Å²) >= 11 is 0. The molecule has 23 heavy (non-hydrogen) atoms. The van der Waals surface area contributed by atoms with E-state index in [-0.39, 0.29) is 12.4 Å². The molecule has 2 heterocycles. The van der Waals surface area contributed by atoms with E-state index in [9.17, 15) is 13.2 Å². The number of benzene rings is 1. The summed E-state index contributed by atoms with van der Waals surface area (Å²) in [4.78, 5) is 1.99. The van der Waals surface area contributed by atoms with E-state index in [4.69, 9.17) is 4.74 Å². The first-order valence-corrected chi connectivity index (χ1v) is 6.78. The van der Waals surface area contributed by atoms with Gasteiger partial charge in [0.25, 0.3) is 0 Å². The number of nitrogens with one attached hydrogen (secondary N) is 1. The number of hydrogen-bond donors (Lipinski definition) is 1. The van der Waals surface area contributed by atoms with E-state index in [1.165, 1.54) is 6.07 Å². The molecule has 10 heteroatoms. The molecule has 3 rings (SSSR count). The van der Waals surface area contributed by atoms with Crippen LogP contribution in [0.4, 0.5) is 13.2 Å². The summed E-state index contributed by atoms with van der Waals surface area (Å²) in [6.45, 7) is 2.23. The van der Waals surface area contributed by atoms with Gasteiger partial charge in [-0.05, 0) is 17.7 Å². The smallest absolute Gasteiger partial charge is 0.379 e. The molecule has 0 radical (unpaired) electrons. The average Bonchev–Trinajstić information content (AvgIpc) is 3.02. The van der Waals surface area contributed by atoms with Gasteiger partial charge < -0.3 is 4.74 Å². The van der Waals surface area contributed by atoms with E-state index in [1.807, 2.05) is 4.90 Å². The number of ether oxygens (including phenoxy) is 1. The maximum Gasteiger partial charge on any atom is 0.416 e. The monoisotopic (exact) mass is 349 g/mol. The summed E-state index contributed by atoms with van der Waals surface area (Å²) in [7, 11) is 0. The molecule has 1 saturated heterocycles. The van der Waals surface area contributed by atoms with Gasteiger partial charge in [-0.15, -0.1) is 22.6 Å². The Labute approximate surface area is 136 Å². The first kappa shape index (κ1) is 17.6. The van der Waals surface area contributed by atoms with Crippen LogP contribution in [-0.4, -0.2) is 51.8 Å². The van der Waals surface area contributed by atoms with E-state index in [1.54, 1.807) is 6.07 Å². The highest BCUT2D eigenvalue weighted by Gasteiger charge is 2.33. The number of halogens is 4. The summed E-state index contributed by atoms with van der Waals surface area (Å²) in [5, 5.41) is 13.8. The number of aromatic nitrogens is 4. The van der Waals surface area contributed by atoms with Gasteiger partial charge in [-0.2, -0.15) is 18.4 Å². The zero-order chi connectivity index (χ0) is 15.6. The van der Waals surface area contributed by atoms with Crippen molar-refractivity contribution in [1.29, 1.82) is 0 Å². The van der Waals surface area contributed by atoms with Crippen LogP contribution < -0.4 is 0 Å². The number of hydrogen-bond acceptors (Lipinski definition) is 5. The van der Waals surface area contributed by atoms with E-state index < -0.39 is 17.8 Å². The van der Waals surface area contributed by atoms with E-state index in [0.717, 1.165) is 12.1 Å². The van der Waals surface area contributed by atoms with Gasteiger partial charge >= 0.3 is 6.18 Å². The van der Waals surface area contributed by atoms with Crippen LogP contribution >= 0.6 is 12.4 Å². The zero-order valence-electron chi connectivity index (χ0n) is 12.0. The normalized spacial score (nSPS) is 17.5.